The third-order valence-electron chi connectivity index (χ3n) is 3.78. The van der Waals surface area contributed by atoms with Gasteiger partial charge in [0.15, 0.2) is 5.69 Å². The highest BCUT2D eigenvalue weighted by Gasteiger charge is 2.26. The fourth-order valence-electron chi connectivity index (χ4n) is 2.63. The van der Waals surface area contributed by atoms with Gasteiger partial charge in [-0.05, 0) is 42.1 Å². The van der Waals surface area contributed by atoms with Crippen LogP contribution in [0.2, 0.25) is 0 Å². The van der Waals surface area contributed by atoms with Gasteiger partial charge in [-0.2, -0.15) is 5.10 Å². The van der Waals surface area contributed by atoms with Gasteiger partial charge in [-0.1, -0.05) is 6.07 Å². The van der Waals surface area contributed by atoms with Crippen molar-refractivity contribution in [3.63, 3.8) is 0 Å². The first-order valence-corrected chi connectivity index (χ1v) is 9.20. The van der Waals surface area contributed by atoms with Crippen molar-refractivity contribution < 1.29 is 9.59 Å². The Labute approximate surface area is 146 Å². The second-order valence-corrected chi connectivity index (χ2v) is 7.40. The Hall–Kier alpha value is -2.38. The smallest absolute Gasteiger partial charge is 0.276 e. The summed E-state index contributed by atoms with van der Waals surface area (Å²) in [5.41, 5.74) is 3.24. The molecule has 7 heteroatoms. The SMILES string of the molecule is Cc1cc(C(=O)Nc2cccc3c2C(=O)c2sccc2CS3)n[nH]1. The van der Waals surface area contributed by atoms with Gasteiger partial charge in [0.25, 0.3) is 5.91 Å². The lowest BCUT2D eigenvalue weighted by Crippen LogP contribution is -2.16. The number of benzene rings is 1. The number of ketones is 1. The molecule has 0 radical (unpaired) electrons. The molecule has 4 rings (SSSR count). The zero-order valence-electron chi connectivity index (χ0n) is 12.8. The number of nitrogens with one attached hydrogen (secondary N) is 2. The highest BCUT2D eigenvalue weighted by molar-refractivity contribution is 7.98. The number of aromatic nitrogens is 2. The lowest BCUT2D eigenvalue weighted by Gasteiger charge is -2.11. The Kier molecular flexibility index (Phi) is 3.74. The Morgan fingerprint density at radius 1 is 1.33 bits per heavy atom. The first-order chi connectivity index (χ1) is 11.6. The monoisotopic (exact) mass is 355 g/mol. The number of H-pyrrole nitrogens is 1. The van der Waals surface area contributed by atoms with Crippen LogP contribution in [0.1, 0.15) is 37.0 Å². The van der Waals surface area contributed by atoms with E-state index in [0.717, 1.165) is 26.8 Å². The Morgan fingerprint density at radius 3 is 3.00 bits per heavy atom. The molecule has 0 atom stereocenters. The average molecular weight is 355 g/mol. The summed E-state index contributed by atoms with van der Waals surface area (Å²) in [4.78, 5) is 27.0. The fraction of sp³-hybridized carbons (Fsp3) is 0.118. The summed E-state index contributed by atoms with van der Waals surface area (Å²) in [7, 11) is 0. The predicted molar refractivity (Wildman–Crippen MR) is 95.0 cm³/mol. The average Bonchev–Trinajstić information content (AvgIpc) is 3.18. The van der Waals surface area contributed by atoms with E-state index in [9.17, 15) is 9.59 Å². The maximum Gasteiger partial charge on any atom is 0.276 e. The van der Waals surface area contributed by atoms with Crippen LogP contribution in [0.25, 0.3) is 0 Å². The van der Waals surface area contributed by atoms with Crippen LogP contribution >= 0.6 is 23.1 Å². The van der Waals surface area contributed by atoms with Crippen LogP contribution in [-0.2, 0) is 5.75 Å². The maximum atomic E-state index is 13.0. The second kappa shape index (κ2) is 5.92. The Morgan fingerprint density at radius 2 is 2.21 bits per heavy atom. The fourth-order valence-corrected chi connectivity index (χ4v) is 4.66. The molecule has 3 aromatic rings. The minimum atomic E-state index is -0.332. The van der Waals surface area contributed by atoms with Crippen LogP contribution in [0, 0.1) is 6.92 Å². The zero-order chi connectivity index (χ0) is 16.7. The summed E-state index contributed by atoms with van der Waals surface area (Å²) in [6, 6.07) is 9.19. The van der Waals surface area contributed by atoms with E-state index in [1.54, 1.807) is 23.9 Å². The summed E-state index contributed by atoms with van der Waals surface area (Å²) in [6.45, 7) is 1.83. The van der Waals surface area contributed by atoms with Crippen molar-refractivity contribution in [2.45, 2.75) is 17.6 Å². The van der Waals surface area contributed by atoms with Crippen molar-refractivity contribution in [1.29, 1.82) is 0 Å². The normalized spacial score (nSPS) is 13.1. The van der Waals surface area contributed by atoms with Crippen LogP contribution in [0.3, 0.4) is 0 Å². The number of thiophene rings is 1. The molecule has 2 aromatic heterocycles. The number of thioether (sulfide) groups is 1. The molecule has 0 bridgehead atoms. The first kappa shape index (κ1) is 15.2. The summed E-state index contributed by atoms with van der Waals surface area (Å²) in [5, 5.41) is 11.5. The number of carbonyl (C=O) groups excluding carboxylic acids is 2. The number of amides is 1. The number of fused-ring (bicyclic) bond motifs is 2. The maximum absolute atomic E-state index is 13.0. The molecule has 0 unspecified atom stereocenters. The van der Waals surface area contributed by atoms with Crippen molar-refractivity contribution in [1.82, 2.24) is 10.2 Å². The van der Waals surface area contributed by atoms with Crippen LogP contribution in [0.5, 0.6) is 0 Å². The predicted octanol–water partition coefficient (Wildman–Crippen LogP) is 3.87. The van der Waals surface area contributed by atoms with Crippen LogP contribution in [0.15, 0.2) is 40.6 Å². The van der Waals surface area contributed by atoms with Gasteiger partial charge in [0.05, 0.1) is 16.1 Å². The van der Waals surface area contributed by atoms with Crippen molar-refractivity contribution in [2.75, 3.05) is 5.32 Å². The number of aryl methyl sites for hydroxylation is 1. The number of hydrogen-bond acceptors (Lipinski definition) is 5. The minimum Gasteiger partial charge on any atom is -0.320 e. The molecule has 120 valence electrons. The van der Waals surface area contributed by atoms with E-state index in [1.807, 2.05) is 30.5 Å². The van der Waals surface area contributed by atoms with Crippen LogP contribution in [0.4, 0.5) is 5.69 Å². The zero-order valence-corrected chi connectivity index (χ0v) is 14.4. The molecule has 0 aliphatic carbocycles. The van der Waals surface area contributed by atoms with Gasteiger partial charge in [0.1, 0.15) is 0 Å². The number of carbonyl (C=O) groups is 2. The van der Waals surface area contributed by atoms with Gasteiger partial charge in [-0.15, -0.1) is 23.1 Å². The van der Waals surface area contributed by atoms with Gasteiger partial charge in [0, 0.05) is 16.3 Å². The standard InChI is InChI=1S/C17H13N3O2S2/c1-9-7-12(20-19-9)17(22)18-11-3-2-4-13-14(11)15(21)16-10(8-24-13)5-6-23-16/h2-7H,8H2,1H3,(H,18,22)(H,19,20). The minimum absolute atomic E-state index is 0.0332. The lowest BCUT2D eigenvalue weighted by atomic mass is 10.0. The first-order valence-electron chi connectivity index (χ1n) is 7.34. The number of rotatable bonds is 2. The van der Waals surface area contributed by atoms with E-state index < -0.39 is 0 Å². The Bertz CT molecular complexity index is 958. The molecular formula is C17H13N3O2S2. The molecule has 0 saturated carbocycles. The van der Waals surface area contributed by atoms with E-state index in [-0.39, 0.29) is 11.7 Å². The molecule has 3 heterocycles. The van der Waals surface area contributed by atoms with Crippen LogP contribution in [-0.4, -0.2) is 21.9 Å². The van der Waals surface area contributed by atoms with Crippen LogP contribution < -0.4 is 5.32 Å². The quantitative estimate of drug-likeness (QED) is 0.732. The molecule has 1 aliphatic rings. The topological polar surface area (TPSA) is 74.8 Å². The summed E-state index contributed by atoms with van der Waals surface area (Å²) >= 11 is 3.06. The molecule has 5 nitrogen and oxygen atoms in total. The largest absolute Gasteiger partial charge is 0.320 e. The number of hydrogen-bond donors (Lipinski definition) is 2. The van der Waals surface area contributed by atoms with E-state index in [1.165, 1.54) is 11.3 Å². The molecule has 0 spiro atoms. The number of aromatic amines is 1. The van der Waals surface area contributed by atoms with Gasteiger partial charge < -0.3 is 5.32 Å². The molecule has 24 heavy (non-hydrogen) atoms. The van der Waals surface area contributed by atoms with E-state index in [4.69, 9.17) is 0 Å². The van der Waals surface area contributed by atoms with Crippen molar-refractivity contribution in [2.24, 2.45) is 0 Å². The molecule has 0 saturated heterocycles. The van der Waals surface area contributed by atoms with Crippen molar-refractivity contribution >= 4 is 40.5 Å². The summed E-state index contributed by atoms with van der Waals surface area (Å²) < 4.78 is 0. The number of nitrogens with zero attached hydrogens (tertiary/aromatic N) is 1. The molecule has 1 aromatic carbocycles. The highest BCUT2D eigenvalue weighted by Crippen LogP contribution is 2.39. The summed E-state index contributed by atoms with van der Waals surface area (Å²) in [6.07, 6.45) is 0. The molecule has 0 fully saturated rings. The Balaban J connectivity index is 1.74. The van der Waals surface area contributed by atoms with E-state index >= 15 is 0 Å². The third kappa shape index (κ3) is 2.55. The highest BCUT2D eigenvalue weighted by atomic mass is 32.2. The molecule has 1 amide bonds. The van der Waals surface area contributed by atoms with Crippen molar-refractivity contribution in [3.8, 4) is 0 Å². The van der Waals surface area contributed by atoms with Gasteiger partial charge >= 0.3 is 0 Å². The molecule has 2 N–H and O–H groups in total. The third-order valence-corrected chi connectivity index (χ3v) is 5.84. The van der Waals surface area contributed by atoms with Gasteiger partial charge in [-0.25, -0.2) is 0 Å². The van der Waals surface area contributed by atoms with E-state index in [2.05, 4.69) is 15.5 Å². The lowest BCUT2D eigenvalue weighted by molar-refractivity contribution is 0.102. The molecular weight excluding hydrogens is 342 g/mol. The molecule has 1 aliphatic heterocycles. The van der Waals surface area contributed by atoms with Gasteiger partial charge in [-0.3, -0.25) is 14.7 Å². The van der Waals surface area contributed by atoms with E-state index in [0.29, 0.717) is 16.9 Å². The number of anilines is 1. The summed E-state index contributed by atoms with van der Waals surface area (Å²) in [5.74, 6) is 0.392. The van der Waals surface area contributed by atoms with Gasteiger partial charge in [0.2, 0.25) is 5.78 Å². The van der Waals surface area contributed by atoms with Crippen molar-refractivity contribution in [3.05, 3.63) is 63.1 Å². The second-order valence-electron chi connectivity index (χ2n) is 5.46.